The highest BCUT2D eigenvalue weighted by molar-refractivity contribution is 5.25. The summed E-state index contributed by atoms with van der Waals surface area (Å²) in [4.78, 5) is 0. The molecule has 0 saturated heterocycles. The van der Waals surface area contributed by atoms with Gasteiger partial charge in [0.2, 0.25) is 0 Å². The molecule has 0 radical (unpaired) electrons. The minimum absolute atomic E-state index is 0.172. The first-order valence-corrected chi connectivity index (χ1v) is 5.56. The van der Waals surface area contributed by atoms with Crippen LogP contribution < -0.4 is 5.32 Å². The maximum Gasteiger partial charge on any atom is 0.126 e. The highest BCUT2D eigenvalue weighted by Crippen LogP contribution is 2.35. The Morgan fingerprint density at radius 1 is 1.67 bits per heavy atom. The average Bonchev–Trinajstić information content (AvgIpc) is 2.75. The van der Waals surface area contributed by atoms with Gasteiger partial charge in [0.25, 0.3) is 0 Å². The predicted molar refractivity (Wildman–Crippen MR) is 58.9 cm³/mol. The number of furan rings is 1. The van der Waals surface area contributed by atoms with Crippen LogP contribution in [-0.2, 0) is 11.2 Å². The van der Waals surface area contributed by atoms with Crippen LogP contribution in [0.1, 0.15) is 37.6 Å². The SMILES string of the molecule is CCC(C)(OC)C1NCCc2ccoc21. The molecule has 1 aliphatic heterocycles. The highest BCUT2D eigenvalue weighted by atomic mass is 16.5. The van der Waals surface area contributed by atoms with Gasteiger partial charge in [-0.15, -0.1) is 0 Å². The molecule has 2 unspecified atom stereocenters. The van der Waals surface area contributed by atoms with Crippen molar-refractivity contribution in [1.29, 1.82) is 0 Å². The Morgan fingerprint density at radius 2 is 2.47 bits per heavy atom. The summed E-state index contributed by atoms with van der Waals surface area (Å²) in [5, 5.41) is 3.49. The van der Waals surface area contributed by atoms with Gasteiger partial charge in [0.15, 0.2) is 0 Å². The fourth-order valence-electron chi connectivity index (χ4n) is 2.21. The minimum atomic E-state index is -0.187. The van der Waals surface area contributed by atoms with Crippen molar-refractivity contribution in [2.75, 3.05) is 13.7 Å². The third-order valence-electron chi connectivity index (χ3n) is 3.56. The summed E-state index contributed by atoms with van der Waals surface area (Å²) in [7, 11) is 1.77. The van der Waals surface area contributed by atoms with Crippen LogP contribution in [-0.4, -0.2) is 19.3 Å². The lowest BCUT2D eigenvalue weighted by atomic mass is 9.87. The lowest BCUT2D eigenvalue weighted by Gasteiger charge is -2.37. The summed E-state index contributed by atoms with van der Waals surface area (Å²) in [5.41, 5.74) is 1.13. The normalized spacial score (nSPS) is 24.6. The molecule has 2 heterocycles. The van der Waals surface area contributed by atoms with Crippen LogP contribution in [0, 0.1) is 0 Å². The summed E-state index contributed by atoms with van der Waals surface area (Å²) in [6.45, 7) is 5.26. The molecule has 0 spiro atoms. The first-order valence-electron chi connectivity index (χ1n) is 5.56. The Balaban J connectivity index is 2.33. The molecular weight excluding hydrogens is 190 g/mol. The number of rotatable bonds is 3. The van der Waals surface area contributed by atoms with E-state index in [1.807, 2.05) is 0 Å². The van der Waals surface area contributed by atoms with Gasteiger partial charge in [-0.1, -0.05) is 6.92 Å². The lowest BCUT2D eigenvalue weighted by molar-refractivity contribution is -0.0372. The Morgan fingerprint density at radius 3 is 3.13 bits per heavy atom. The van der Waals surface area contributed by atoms with Crippen LogP contribution in [0.4, 0.5) is 0 Å². The number of fused-ring (bicyclic) bond motifs is 1. The van der Waals surface area contributed by atoms with Gasteiger partial charge in [-0.25, -0.2) is 0 Å². The smallest absolute Gasteiger partial charge is 0.126 e. The van der Waals surface area contributed by atoms with Crippen LogP contribution in [0.25, 0.3) is 0 Å². The topological polar surface area (TPSA) is 34.4 Å². The zero-order chi connectivity index (χ0) is 10.9. The molecule has 1 aromatic heterocycles. The number of hydrogen-bond donors (Lipinski definition) is 1. The average molecular weight is 209 g/mol. The summed E-state index contributed by atoms with van der Waals surface area (Å²) in [5.74, 6) is 1.05. The monoisotopic (exact) mass is 209 g/mol. The molecule has 2 rings (SSSR count). The van der Waals surface area contributed by atoms with E-state index in [1.54, 1.807) is 13.4 Å². The molecule has 3 nitrogen and oxygen atoms in total. The van der Waals surface area contributed by atoms with E-state index in [-0.39, 0.29) is 11.6 Å². The molecule has 0 aromatic carbocycles. The van der Waals surface area contributed by atoms with Gasteiger partial charge in [-0.05, 0) is 31.4 Å². The largest absolute Gasteiger partial charge is 0.467 e. The van der Waals surface area contributed by atoms with Gasteiger partial charge in [-0.2, -0.15) is 0 Å². The first-order chi connectivity index (χ1) is 7.21. The summed E-state index contributed by atoms with van der Waals surface area (Å²) in [6.07, 6.45) is 3.78. The van der Waals surface area contributed by atoms with Gasteiger partial charge in [0, 0.05) is 13.7 Å². The van der Waals surface area contributed by atoms with Crippen molar-refractivity contribution in [1.82, 2.24) is 5.32 Å². The van der Waals surface area contributed by atoms with Crippen molar-refractivity contribution in [2.45, 2.75) is 38.3 Å². The maximum atomic E-state index is 5.63. The predicted octanol–water partition coefficient (Wildman–Crippen LogP) is 2.28. The zero-order valence-electron chi connectivity index (χ0n) is 9.67. The van der Waals surface area contributed by atoms with Gasteiger partial charge in [0.05, 0.1) is 17.9 Å². The van der Waals surface area contributed by atoms with Crippen LogP contribution in [0.5, 0.6) is 0 Å². The number of nitrogens with one attached hydrogen (secondary N) is 1. The van der Waals surface area contributed by atoms with Crippen LogP contribution >= 0.6 is 0 Å². The molecule has 0 saturated carbocycles. The van der Waals surface area contributed by atoms with Gasteiger partial charge < -0.3 is 14.5 Å². The molecule has 1 aliphatic rings. The van der Waals surface area contributed by atoms with Crippen LogP contribution in [0.3, 0.4) is 0 Å². The molecule has 15 heavy (non-hydrogen) atoms. The Kier molecular flexibility index (Phi) is 2.85. The molecule has 0 fully saturated rings. The summed E-state index contributed by atoms with van der Waals surface area (Å²) < 4.78 is 11.2. The van der Waals surface area contributed by atoms with Crippen molar-refractivity contribution in [3.8, 4) is 0 Å². The number of hydrogen-bond acceptors (Lipinski definition) is 3. The maximum absolute atomic E-state index is 5.63. The quantitative estimate of drug-likeness (QED) is 0.829. The van der Waals surface area contributed by atoms with Crippen molar-refractivity contribution in [3.63, 3.8) is 0 Å². The van der Waals surface area contributed by atoms with Gasteiger partial charge in [-0.3, -0.25) is 0 Å². The lowest BCUT2D eigenvalue weighted by Crippen LogP contribution is -2.45. The molecule has 0 aliphatic carbocycles. The number of ether oxygens (including phenoxy) is 1. The highest BCUT2D eigenvalue weighted by Gasteiger charge is 2.38. The second-order valence-electron chi connectivity index (χ2n) is 4.32. The van der Waals surface area contributed by atoms with Crippen LogP contribution in [0.2, 0.25) is 0 Å². The van der Waals surface area contributed by atoms with E-state index >= 15 is 0 Å². The minimum Gasteiger partial charge on any atom is -0.467 e. The second-order valence-corrected chi connectivity index (χ2v) is 4.32. The standard InChI is InChI=1S/C12H19NO2/c1-4-12(2,14-3)11-10-9(5-7-13-11)6-8-15-10/h6,8,11,13H,4-5,7H2,1-3H3. The molecular formula is C12H19NO2. The van der Waals surface area contributed by atoms with E-state index in [0.29, 0.717) is 0 Å². The van der Waals surface area contributed by atoms with Crippen molar-refractivity contribution < 1.29 is 9.15 Å². The van der Waals surface area contributed by atoms with E-state index in [9.17, 15) is 0 Å². The Hall–Kier alpha value is -0.800. The molecule has 0 amide bonds. The molecule has 1 aromatic rings. The third-order valence-corrected chi connectivity index (χ3v) is 3.56. The molecule has 3 heteroatoms. The third kappa shape index (κ3) is 1.70. The summed E-state index contributed by atoms with van der Waals surface area (Å²) >= 11 is 0. The van der Waals surface area contributed by atoms with Crippen molar-refractivity contribution in [2.24, 2.45) is 0 Å². The Labute approximate surface area is 90.8 Å². The first kappa shape index (κ1) is 10.7. The van der Waals surface area contributed by atoms with E-state index in [1.165, 1.54) is 5.56 Å². The molecule has 84 valence electrons. The van der Waals surface area contributed by atoms with Gasteiger partial charge >= 0.3 is 0 Å². The fraction of sp³-hybridized carbons (Fsp3) is 0.667. The van der Waals surface area contributed by atoms with E-state index in [0.717, 1.165) is 25.1 Å². The van der Waals surface area contributed by atoms with E-state index in [2.05, 4.69) is 25.2 Å². The van der Waals surface area contributed by atoms with Crippen molar-refractivity contribution >= 4 is 0 Å². The fourth-order valence-corrected chi connectivity index (χ4v) is 2.21. The van der Waals surface area contributed by atoms with Crippen molar-refractivity contribution in [3.05, 3.63) is 23.7 Å². The van der Waals surface area contributed by atoms with E-state index < -0.39 is 0 Å². The molecule has 0 bridgehead atoms. The molecule has 1 N–H and O–H groups in total. The van der Waals surface area contributed by atoms with Gasteiger partial charge in [0.1, 0.15) is 5.76 Å². The van der Waals surface area contributed by atoms with Crippen LogP contribution in [0.15, 0.2) is 16.7 Å². The summed E-state index contributed by atoms with van der Waals surface area (Å²) in [6, 6.07) is 2.24. The molecule has 2 atom stereocenters. The van der Waals surface area contributed by atoms with E-state index in [4.69, 9.17) is 9.15 Å². The zero-order valence-corrected chi connectivity index (χ0v) is 9.67. The second kappa shape index (κ2) is 3.99. The Bertz CT molecular complexity index is 328. The number of methoxy groups -OCH3 is 1.